The van der Waals surface area contributed by atoms with E-state index in [2.05, 4.69) is 255 Å². The van der Waals surface area contributed by atoms with Crippen LogP contribution in [0.2, 0.25) is 0 Å². The molecule has 1 aromatic heterocycles. The zero-order valence-electron chi connectivity index (χ0n) is 46.8. The van der Waals surface area contributed by atoms with Crippen molar-refractivity contribution in [3.8, 4) is 43.1 Å². The third kappa shape index (κ3) is 8.92. The summed E-state index contributed by atoms with van der Waals surface area (Å²) in [6.07, 6.45) is 1.75. The molecule has 0 saturated carbocycles. The standard InChI is InChI=1S/C74H72S/c1-43-33-51(34-44(2)63(43)41-65-55-23-15-19-27-59(55)71(60-28-20-16-24-56(60)65)69-47(5)37-53(38-48(69)6)73(9,10)11)67-31-32-68(75-67)52-35-45(3)64(46(4)36-52)42-66-57-25-17-21-29-61(57)72(62-30-22-18-26-58(62)66)70-49(7)39-54(40-50(70)8)74(12,13)14/h15-40H,41-42H2,1-14H3. The lowest BCUT2D eigenvalue weighted by molar-refractivity contribution is 0.589. The van der Waals surface area contributed by atoms with Crippen LogP contribution in [0.3, 0.4) is 0 Å². The maximum atomic E-state index is 2.43. The van der Waals surface area contributed by atoms with Gasteiger partial charge in [0.05, 0.1) is 0 Å². The molecule has 11 rings (SSSR count). The van der Waals surface area contributed by atoms with E-state index >= 15 is 0 Å². The van der Waals surface area contributed by atoms with E-state index in [0.29, 0.717) is 0 Å². The van der Waals surface area contributed by atoms with E-state index in [1.807, 2.05) is 11.3 Å². The Kier molecular flexibility index (Phi) is 12.7. The fourth-order valence-electron chi connectivity index (χ4n) is 12.8. The summed E-state index contributed by atoms with van der Waals surface area (Å²) in [6, 6.07) is 60.6. The Morgan fingerprint density at radius 3 is 0.787 bits per heavy atom. The van der Waals surface area contributed by atoms with Crippen LogP contribution in [0.1, 0.15) is 119 Å². The molecule has 0 aliphatic rings. The van der Waals surface area contributed by atoms with Crippen molar-refractivity contribution >= 4 is 54.4 Å². The van der Waals surface area contributed by atoms with Gasteiger partial charge in [0.1, 0.15) is 0 Å². The number of benzene rings is 10. The van der Waals surface area contributed by atoms with Crippen LogP contribution >= 0.6 is 11.3 Å². The van der Waals surface area contributed by atoms with Gasteiger partial charge in [-0.2, -0.15) is 0 Å². The first-order chi connectivity index (χ1) is 35.8. The van der Waals surface area contributed by atoms with Crippen LogP contribution in [-0.4, -0.2) is 0 Å². The zero-order chi connectivity index (χ0) is 52.8. The number of fused-ring (bicyclic) bond motifs is 4. The maximum absolute atomic E-state index is 2.43. The van der Waals surface area contributed by atoms with E-state index in [4.69, 9.17) is 0 Å². The maximum Gasteiger partial charge on any atom is 0.0349 e. The molecule has 11 aromatic rings. The van der Waals surface area contributed by atoms with Crippen LogP contribution in [-0.2, 0) is 23.7 Å². The number of hydrogen-bond acceptors (Lipinski definition) is 1. The van der Waals surface area contributed by atoms with Crippen molar-refractivity contribution in [3.05, 3.63) is 236 Å². The molecule has 0 aliphatic carbocycles. The second-order valence-corrected chi connectivity index (χ2v) is 25.1. The van der Waals surface area contributed by atoms with E-state index < -0.39 is 0 Å². The van der Waals surface area contributed by atoms with E-state index in [1.54, 1.807) is 0 Å². The molecular weight excluding hydrogens is 921 g/mol. The second-order valence-electron chi connectivity index (χ2n) is 24.1. The minimum Gasteiger partial charge on any atom is -0.135 e. The number of aryl methyl sites for hydroxylation is 8. The van der Waals surface area contributed by atoms with E-state index in [9.17, 15) is 0 Å². The van der Waals surface area contributed by atoms with Crippen molar-refractivity contribution in [2.45, 2.75) is 121 Å². The molecule has 374 valence electrons. The highest BCUT2D eigenvalue weighted by molar-refractivity contribution is 7.18. The van der Waals surface area contributed by atoms with Gasteiger partial charge >= 0.3 is 0 Å². The Hall–Kier alpha value is -7.06. The minimum atomic E-state index is 0.0897. The molecule has 1 heterocycles. The summed E-state index contributed by atoms with van der Waals surface area (Å²) in [5.74, 6) is 0. The van der Waals surface area contributed by atoms with Crippen molar-refractivity contribution < 1.29 is 0 Å². The molecule has 0 spiro atoms. The molecule has 1 heteroatoms. The Morgan fingerprint density at radius 1 is 0.280 bits per heavy atom. The number of hydrogen-bond donors (Lipinski definition) is 0. The molecule has 0 amide bonds. The predicted octanol–water partition coefficient (Wildman–Crippen LogP) is 21.3. The number of thiophene rings is 1. The lowest BCUT2D eigenvalue weighted by atomic mass is 9.80. The lowest BCUT2D eigenvalue weighted by Crippen LogP contribution is -2.12. The summed E-state index contributed by atoms with van der Waals surface area (Å²) in [7, 11) is 0. The Balaban J connectivity index is 0.919. The summed E-state index contributed by atoms with van der Waals surface area (Å²) >= 11 is 1.91. The summed E-state index contributed by atoms with van der Waals surface area (Å²) in [6.45, 7) is 32.4. The highest BCUT2D eigenvalue weighted by Crippen LogP contribution is 2.47. The molecule has 75 heavy (non-hydrogen) atoms. The normalized spacial score (nSPS) is 12.2. The third-order valence-corrected chi connectivity index (χ3v) is 17.8. The molecule has 0 radical (unpaired) electrons. The first-order valence-electron chi connectivity index (χ1n) is 27.2. The van der Waals surface area contributed by atoms with Crippen LogP contribution in [0.15, 0.2) is 158 Å². The molecule has 0 fully saturated rings. The average Bonchev–Trinajstić information content (AvgIpc) is 3.87. The van der Waals surface area contributed by atoms with Crippen molar-refractivity contribution in [2.75, 3.05) is 0 Å². The van der Waals surface area contributed by atoms with Gasteiger partial charge in [-0.05, 0) is 246 Å². The van der Waals surface area contributed by atoms with Gasteiger partial charge in [0.25, 0.3) is 0 Å². The largest absolute Gasteiger partial charge is 0.135 e. The van der Waals surface area contributed by atoms with Gasteiger partial charge in [-0.1, -0.05) is 187 Å². The monoisotopic (exact) mass is 993 g/mol. The van der Waals surface area contributed by atoms with Crippen LogP contribution in [0, 0.1) is 55.4 Å². The van der Waals surface area contributed by atoms with Gasteiger partial charge < -0.3 is 0 Å². The Bertz CT molecular complexity index is 3630. The molecular formula is C74H72S. The fourth-order valence-corrected chi connectivity index (χ4v) is 13.7. The molecule has 0 bridgehead atoms. The van der Waals surface area contributed by atoms with E-state index in [0.717, 1.165) is 12.8 Å². The fraction of sp³-hybridized carbons (Fsp3) is 0.243. The smallest absolute Gasteiger partial charge is 0.0349 e. The van der Waals surface area contributed by atoms with Crippen LogP contribution in [0.25, 0.3) is 86.2 Å². The van der Waals surface area contributed by atoms with Crippen molar-refractivity contribution in [3.63, 3.8) is 0 Å². The van der Waals surface area contributed by atoms with Gasteiger partial charge in [-0.15, -0.1) is 11.3 Å². The first kappa shape index (κ1) is 50.1. The minimum absolute atomic E-state index is 0.0897. The van der Waals surface area contributed by atoms with Crippen LogP contribution in [0.4, 0.5) is 0 Å². The van der Waals surface area contributed by atoms with Gasteiger partial charge in [0.15, 0.2) is 0 Å². The Labute approximate surface area is 451 Å². The summed E-state index contributed by atoms with van der Waals surface area (Å²) < 4.78 is 0. The first-order valence-corrected chi connectivity index (χ1v) is 28.0. The van der Waals surface area contributed by atoms with E-state index in [1.165, 1.54) is 164 Å². The van der Waals surface area contributed by atoms with Gasteiger partial charge in [-0.3, -0.25) is 0 Å². The van der Waals surface area contributed by atoms with Gasteiger partial charge in [0.2, 0.25) is 0 Å². The van der Waals surface area contributed by atoms with Crippen LogP contribution in [0.5, 0.6) is 0 Å². The molecule has 0 saturated heterocycles. The summed E-state index contributed by atoms with van der Waals surface area (Å²) in [5, 5.41) is 10.7. The van der Waals surface area contributed by atoms with Crippen LogP contribution < -0.4 is 0 Å². The average molecular weight is 993 g/mol. The van der Waals surface area contributed by atoms with Crippen molar-refractivity contribution in [2.24, 2.45) is 0 Å². The zero-order valence-corrected chi connectivity index (χ0v) is 47.7. The highest BCUT2D eigenvalue weighted by Gasteiger charge is 2.25. The molecule has 0 atom stereocenters. The third-order valence-electron chi connectivity index (χ3n) is 16.7. The number of rotatable bonds is 8. The van der Waals surface area contributed by atoms with Gasteiger partial charge in [-0.25, -0.2) is 0 Å². The highest BCUT2D eigenvalue weighted by atomic mass is 32.1. The molecule has 0 nitrogen and oxygen atoms in total. The molecule has 0 unspecified atom stereocenters. The van der Waals surface area contributed by atoms with Crippen molar-refractivity contribution in [1.29, 1.82) is 0 Å². The summed E-state index contributed by atoms with van der Waals surface area (Å²) in [4.78, 5) is 2.62. The van der Waals surface area contributed by atoms with E-state index in [-0.39, 0.29) is 10.8 Å². The molecule has 0 aliphatic heterocycles. The van der Waals surface area contributed by atoms with Gasteiger partial charge in [0, 0.05) is 9.75 Å². The van der Waals surface area contributed by atoms with Crippen molar-refractivity contribution in [1.82, 2.24) is 0 Å². The Morgan fingerprint density at radius 2 is 0.533 bits per heavy atom. The topological polar surface area (TPSA) is 0 Å². The summed E-state index contributed by atoms with van der Waals surface area (Å²) in [5.41, 5.74) is 27.4. The second kappa shape index (κ2) is 18.9. The molecule has 10 aromatic carbocycles. The predicted molar refractivity (Wildman–Crippen MR) is 330 cm³/mol. The quantitative estimate of drug-likeness (QED) is 0.133. The lowest BCUT2D eigenvalue weighted by Gasteiger charge is -2.24. The SMILES string of the molecule is Cc1cc(-c2ccc(-c3cc(C)c(Cc4c5ccccc5c(-c5c(C)cc(C(C)(C)C)cc5C)c5ccccc45)c(C)c3)s2)cc(C)c1Cc1c2ccccc2c(-c2c(C)cc(C(C)(C)C)cc2C)c2ccccc12. The molecule has 0 N–H and O–H groups in total.